The van der Waals surface area contributed by atoms with Crippen LogP contribution in [0.3, 0.4) is 0 Å². The molecule has 2 saturated heterocycles. The molecule has 1 saturated carbocycles. The molecule has 9 nitrogen and oxygen atoms in total. The Labute approximate surface area is 231 Å². The Bertz CT molecular complexity index is 1130. The lowest BCUT2D eigenvalue weighted by molar-refractivity contribution is -0.150. The number of aromatic nitrogens is 4. The zero-order chi connectivity index (χ0) is 26.5. The SMILES string of the molecule is O=C(c1ccc(CN2CCCC3(C2)CN(C2CCCCC2)CCO3)cc1)N(Cc1ncc[nH]1)Cc1ncc[nH]1. The van der Waals surface area contributed by atoms with E-state index in [1.54, 1.807) is 29.7 Å². The Balaban J connectivity index is 1.08. The van der Waals surface area contributed by atoms with Crippen LogP contribution in [0.25, 0.3) is 0 Å². The number of nitrogens with zero attached hydrogens (tertiary/aromatic N) is 5. The van der Waals surface area contributed by atoms with Crippen molar-refractivity contribution >= 4 is 5.91 Å². The number of hydrogen-bond donors (Lipinski definition) is 2. The van der Waals surface area contributed by atoms with Crippen molar-refractivity contribution in [3.05, 3.63) is 71.8 Å². The maximum atomic E-state index is 13.5. The number of rotatable bonds is 8. The quantitative estimate of drug-likeness (QED) is 0.457. The highest BCUT2D eigenvalue weighted by atomic mass is 16.5. The first kappa shape index (κ1) is 26.2. The lowest BCUT2D eigenvalue weighted by Crippen LogP contribution is -2.61. The molecule has 2 aliphatic heterocycles. The molecule has 1 unspecified atom stereocenters. The van der Waals surface area contributed by atoms with E-state index in [1.165, 1.54) is 44.1 Å². The van der Waals surface area contributed by atoms with Gasteiger partial charge in [-0.05, 0) is 49.9 Å². The van der Waals surface area contributed by atoms with Crippen LogP contribution in [-0.4, -0.2) is 85.0 Å². The number of likely N-dealkylation sites (tertiary alicyclic amines) is 1. The number of aromatic amines is 2. The Morgan fingerprint density at radius 3 is 2.33 bits per heavy atom. The molecule has 3 fully saturated rings. The van der Waals surface area contributed by atoms with Gasteiger partial charge >= 0.3 is 0 Å². The van der Waals surface area contributed by atoms with Crippen molar-refractivity contribution in [2.45, 2.75) is 76.2 Å². The van der Waals surface area contributed by atoms with Gasteiger partial charge in [-0.15, -0.1) is 0 Å². The summed E-state index contributed by atoms with van der Waals surface area (Å²) in [6.45, 7) is 6.75. The number of nitrogens with one attached hydrogen (secondary N) is 2. The number of carbonyl (C=O) groups excluding carboxylic acids is 1. The molecule has 2 N–H and O–H groups in total. The summed E-state index contributed by atoms with van der Waals surface area (Å²) >= 11 is 0. The number of benzene rings is 1. The highest BCUT2D eigenvalue weighted by molar-refractivity contribution is 5.94. The van der Waals surface area contributed by atoms with Crippen LogP contribution in [0.2, 0.25) is 0 Å². The van der Waals surface area contributed by atoms with Gasteiger partial charge in [-0.3, -0.25) is 14.6 Å². The number of H-pyrrole nitrogens is 2. The Hall–Kier alpha value is -3.01. The van der Waals surface area contributed by atoms with Crippen molar-refractivity contribution in [3.63, 3.8) is 0 Å². The van der Waals surface area contributed by atoms with Crippen LogP contribution in [0, 0.1) is 0 Å². The molecule has 0 bridgehead atoms. The largest absolute Gasteiger partial charge is 0.371 e. The number of carbonyl (C=O) groups is 1. The predicted molar refractivity (Wildman–Crippen MR) is 149 cm³/mol. The first-order valence-electron chi connectivity index (χ1n) is 14.6. The number of ether oxygens (including phenoxy) is 1. The minimum absolute atomic E-state index is 0.0373. The van der Waals surface area contributed by atoms with Crippen LogP contribution in [0.5, 0.6) is 0 Å². The molecule has 208 valence electrons. The van der Waals surface area contributed by atoms with Crippen molar-refractivity contribution in [1.29, 1.82) is 0 Å². The third-order valence-corrected chi connectivity index (χ3v) is 8.67. The van der Waals surface area contributed by atoms with Crippen LogP contribution in [0.4, 0.5) is 0 Å². The van der Waals surface area contributed by atoms with Crippen molar-refractivity contribution < 1.29 is 9.53 Å². The van der Waals surface area contributed by atoms with Gasteiger partial charge in [-0.1, -0.05) is 31.4 Å². The molecular weight excluding hydrogens is 490 g/mol. The van der Waals surface area contributed by atoms with Gasteiger partial charge in [0.25, 0.3) is 5.91 Å². The fraction of sp³-hybridized carbons (Fsp3) is 0.567. The lowest BCUT2D eigenvalue weighted by Gasteiger charge is -2.50. The van der Waals surface area contributed by atoms with Crippen LogP contribution in [0.15, 0.2) is 49.1 Å². The monoisotopic (exact) mass is 531 g/mol. The average molecular weight is 532 g/mol. The molecule has 9 heteroatoms. The molecule has 1 atom stereocenters. The molecule has 2 aromatic heterocycles. The van der Waals surface area contributed by atoms with Crippen LogP contribution >= 0.6 is 0 Å². The molecule has 3 aliphatic rings. The number of piperidine rings is 1. The smallest absolute Gasteiger partial charge is 0.254 e. The summed E-state index contributed by atoms with van der Waals surface area (Å²) in [5.74, 6) is 1.46. The van der Waals surface area contributed by atoms with Gasteiger partial charge in [-0.25, -0.2) is 9.97 Å². The van der Waals surface area contributed by atoms with Crippen molar-refractivity contribution in [3.8, 4) is 0 Å². The van der Waals surface area contributed by atoms with E-state index in [-0.39, 0.29) is 11.5 Å². The Kier molecular flexibility index (Phi) is 8.08. The second-order valence-corrected chi connectivity index (χ2v) is 11.5. The molecule has 6 rings (SSSR count). The minimum Gasteiger partial charge on any atom is -0.371 e. The van der Waals surface area contributed by atoms with Gasteiger partial charge in [0.15, 0.2) is 0 Å². The first-order chi connectivity index (χ1) is 19.2. The number of morpholine rings is 1. The molecule has 3 aromatic rings. The summed E-state index contributed by atoms with van der Waals surface area (Å²) in [5.41, 5.74) is 1.86. The molecule has 4 heterocycles. The Morgan fingerprint density at radius 1 is 0.949 bits per heavy atom. The van der Waals surface area contributed by atoms with Crippen LogP contribution < -0.4 is 0 Å². The maximum Gasteiger partial charge on any atom is 0.254 e. The van der Waals surface area contributed by atoms with E-state index in [9.17, 15) is 4.79 Å². The average Bonchev–Trinajstić information content (AvgIpc) is 3.68. The second-order valence-electron chi connectivity index (χ2n) is 11.5. The first-order valence-corrected chi connectivity index (χ1v) is 14.6. The summed E-state index contributed by atoms with van der Waals surface area (Å²) in [5, 5.41) is 0. The van der Waals surface area contributed by atoms with Gasteiger partial charge < -0.3 is 19.6 Å². The van der Waals surface area contributed by atoms with Crippen LogP contribution in [0.1, 0.15) is 72.5 Å². The number of amides is 1. The van der Waals surface area contributed by atoms with Gasteiger partial charge in [-0.2, -0.15) is 0 Å². The predicted octanol–water partition coefficient (Wildman–Crippen LogP) is 3.97. The third kappa shape index (κ3) is 6.42. The Morgan fingerprint density at radius 2 is 1.67 bits per heavy atom. The zero-order valence-electron chi connectivity index (χ0n) is 22.9. The topological polar surface area (TPSA) is 93.4 Å². The van der Waals surface area contributed by atoms with Gasteiger partial charge in [0.2, 0.25) is 0 Å². The van der Waals surface area contributed by atoms with E-state index in [0.29, 0.717) is 18.7 Å². The summed E-state index contributed by atoms with van der Waals surface area (Å²) in [4.78, 5) is 35.3. The maximum absolute atomic E-state index is 13.5. The van der Waals surface area contributed by atoms with E-state index in [4.69, 9.17) is 4.74 Å². The molecular formula is C30H41N7O2. The standard InChI is InChI=1S/C30H41N7O2/c38-29(37(20-27-31-12-13-32-27)21-28-33-14-15-34-28)25-9-7-24(8-10-25)19-35-16-4-11-30(22-35)23-36(17-18-39-30)26-5-2-1-3-6-26/h7-10,12-15,26H,1-6,11,16-23H2,(H,31,32)(H,33,34). The fourth-order valence-corrected chi connectivity index (χ4v) is 6.73. The highest BCUT2D eigenvalue weighted by Gasteiger charge is 2.42. The zero-order valence-corrected chi connectivity index (χ0v) is 22.9. The number of imidazole rings is 2. The molecule has 1 aromatic carbocycles. The van der Waals surface area contributed by atoms with Crippen molar-refractivity contribution in [2.24, 2.45) is 0 Å². The van der Waals surface area contributed by atoms with Crippen molar-refractivity contribution in [1.82, 2.24) is 34.6 Å². The molecule has 1 aliphatic carbocycles. The van der Waals surface area contributed by atoms with Crippen LogP contribution in [-0.2, 0) is 24.4 Å². The van der Waals surface area contributed by atoms with E-state index in [2.05, 4.69) is 41.9 Å². The van der Waals surface area contributed by atoms with Gasteiger partial charge in [0.05, 0.1) is 25.3 Å². The summed E-state index contributed by atoms with van der Waals surface area (Å²) in [7, 11) is 0. The summed E-state index contributed by atoms with van der Waals surface area (Å²) in [6, 6.07) is 8.86. The van der Waals surface area contributed by atoms with E-state index >= 15 is 0 Å². The van der Waals surface area contributed by atoms with E-state index in [1.807, 2.05) is 12.1 Å². The summed E-state index contributed by atoms with van der Waals surface area (Å²) < 4.78 is 6.51. The van der Waals surface area contributed by atoms with Crippen molar-refractivity contribution in [2.75, 3.05) is 32.8 Å². The molecule has 0 radical (unpaired) electrons. The minimum atomic E-state index is -0.0396. The third-order valence-electron chi connectivity index (χ3n) is 8.67. The van der Waals surface area contributed by atoms with Gasteiger partial charge in [0, 0.05) is 62.6 Å². The van der Waals surface area contributed by atoms with Gasteiger partial charge in [0.1, 0.15) is 11.6 Å². The second kappa shape index (κ2) is 12.0. The lowest BCUT2D eigenvalue weighted by atomic mass is 9.87. The normalized spacial score (nSPS) is 23.3. The molecule has 39 heavy (non-hydrogen) atoms. The molecule has 1 amide bonds. The number of hydrogen-bond acceptors (Lipinski definition) is 6. The van der Waals surface area contributed by atoms with E-state index in [0.717, 1.165) is 63.4 Å². The summed E-state index contributed by atoms with van der Waals surface area (Å²) in [6.07, 6.45) is 16.1. The highest BCUT2D eigenvalue weighted by Crippen LogP contribution is 2.33. The molecule has 1 spiro atoms. The fourth-order valence-electron chi connectivity index (χ4n) is 6.73. The van der Waals surface area contributed by atoms with E-state index < -0.39 is 0 Å².